The summed E-state index contributed by atoms with van der Waals surface area (Å²) in [6.45, 7) is 4.72. The number of hydrogen-bond donors (Lipinski definition) is 2. The standard InChI is InChI=1S/C18H22N2O/c1-13-5-4-6-15(11-13)9-10-20-18(21)16-7-8-17(19-3)14(2)12-16/h4-8,11-12,19H,9-10H2,1-3H3,(H,20,21). The van der Waals surface area contributed by atoms with Crippen molar-refractivity contribution in [2.24, 2.45) is 0 Å². The molecule has 0 unspecified atom stereocenters. The molecular formula is C18H22N2O. The minimum absolute atomic E-state index is 0.0200. The van der Waals surface area contributed by atoms with Crippen molar-refractivity contribution in [3.8, 4) is 0 Å². The van der Waals surface area contributed by atoms with Gasteiger partial charge in [0.1, 0.15) is 0 Å². The summed E-state index contributed by atoms with van der Waals surface area (Å²) < 4.78 is 0. The van der Waals surface area contributed by atoms with Crippen molar-refractivity contribution in [1.29, 1.82) is 0 Å². The van der Waals surface area contributed by atoms with Crippen LogP contribution in [0.3, 0.4) is 0 Å². The number of amides is 1. The summed E-state index contributed by atoms with van der Waals surface area (Å²) in [5.74, 6) is -0.0200. The van der Waals surface area contributed by atoms with Crippen LogP contribution in [0.5, 0.6) is 0 Å². The molecule has 0 spiro atoms. The predicted octanol–water partition coefficient (Wildman–Crippen LogP) is 3.32. The Balaban J connectivity index is 1.91. The van der Waals surface area contributed by atoms with E-state index in [1.165, 1.54) is 11.1 Å². The Kier molecular flexibility index (Phi) is 4.99. The lowest BCUT2D eigenvalue weighted by molar-refractivity contribution is 0.0954. The molecule has 2 N–H and O–H groups in total. The first-order chi connectivity index (χ1) is 10.1. The van der Waals surface area contributed by atoms with Gasteiger partial charge < -0.3 is 10.6 Å². The molecule has 3 nitrogen and oxygen atoms in total. The SMILES string of the molecule is CNc1ccc(C(=O)NCCc2cccc(C)c2)cc1C. The van der Waals surface area contributed by atoms with Gasteiger partial charge in [0.25, 0.3) is 5.91 Å². The normalized spacial score (nSPS) is 10.2. The van der Waals surface area contributed by atoms with Gasteiger partial charge in [-0.15, -0.1) is 0 Å². The van der Waals surface area contributed by atoms with E-state index in [1.807, 2.05) is 38.2 Å². The minimum atomic E-state index is -0.0200. The minimum Gasteiger partial charge on any atom is -0.388 e. The summed E-state index contributed by atoms with van der Waals surface area (Å²) in [6, 6.07) is 14.1. The highest BCUT2D eigenvalue weighted by molar-refractivity contribution is 5.94. The van der Waals surface area contributed by atoms with Crippen molar-refractivity contribution in [3.05, 3.63) is 64.7 Å². The number of rotatable bonds is 5. The van der Waals surface area contributed by atoms with Crippen LogP contribution in [-0.4, -0.2) is 19.5 Å². The lowest BCUT2D eigenvalue weighted by atomic mass is 10.1. The number of benzene rings is 2. The number of hydrogen-bond acceptors (Lipinski definition) is 2. The second-order valence-electron chi connectivity index (χ2n) is 5.27. The van der Waals surface area contributed by atoms with E-state index in [-0.39, 0.29) is 5.91 Å². The van der Waals surface area contributed by atoms with Gasteiger partial charge in [0.2, 0.25) is 0 Å². The van der Waals surface area contributed by atoms with E-state index < -0.39 is 0 Å². The van der Waals surface area contributed by atoms with Gasteiger partial charge in [-0.2, -0.15) is 0 Å². The third-order valence-corrected chi connectivity index (χ3v) is 3.54. The number of carbonyl (C=O) groups excluding carboxylic acids is 1. The molecule has 0 aromatic heterocycles. The molecule has 2 rings (SSSR count). The van der Waals surface area contributed by atoms with Gasteiger partial charge in [-0.1, -0.05) is 29.8 Å². The highest BCUT2D eigenvalue weighted by atomic mass is 16.1. The van der Waals surface area contributed by atoms with Gasteiger partial charge in [0, 0.05) is 24.8 Å². The molecule has 0 aliphatic heterocycles. The zero-order chi connectivity index (χ0) is 15.2. The van der Waals surface area contributed by atoms with Crippen LogP contribution in [0.25, 0.3) is 0 Å². The molecule has 1 amide bonds. The van der Waals surface area contributed by atoms with Crippen LogP contribution in [0.4, 0.5) is 5.69 Å². The molecule has 110 valence electrons. The third kappa shape index (κ3) is 4.09. The summed E-state index contributed by atoms with van der Waals surface area (Å²) in [4.78, 5) is 12.1. The van der Waals surface area contributed by atoms with Crippen molar-refractivity contribution >= 4 is 11.6 Å². The topological polar surface area (TPSA) is 41.1 Å². The number of anilines is 1. The van der Waals surface area contributed by atoms with Crippen LogP contribution in [0.2, 0.25) is 0 Å². The fourth-order valence-electron chi connectivity index (χ4n) is 2.38. The maximum atomic E-state index is 12.1. The number of nitrogens with one attached hydrogen (secondary N) is 2. The van der Waals surface area contributed by atoms with Crippen molar-refractivity contribution in [2.75, 3.05) is 18.9 Å². The fraction of sp³-hybridized carbons (Fsp3) is 0.278. The molecule has 2 aromatic rings. The molecule has 21 heavy (non-hydrogen) atoms. The van der Waals surface area contributed by atoms with Crippen molar-refractivity contribution in [1.82, 2.24) is 5.32 Å². The van der Waals surface area contributed by atoms with E-state index in [9.17, 15) is 4.79 Å². The van der Waals surface area contributed by atoms with Crippen LogP contribution in [0.1, 0.15) is 27.0 Å². The summed E-state index contributed by atoms with van der Waals surface area (Å²) in [7, 11) is 1.88. The largest absolute Gasteiger partial charge is 0.388 e. The Labute approximate surface area is 126 Å². The van der Waals surface area contributed by atoms with Crippen LogP contribution in [0, 0.1) is 13.8 Å². The van der Waals surface area contributed by atoms with Crippen LogP contribution in [0.15, 0.2) is 42.5 Å². The van der Waals surface area contributed by atoms with Gasteiger partial charge in [0.05, 0.1) is 0 Å². The molecule has 0 saturated heterocycles. The molecule has 2 aromatic carbocycles. The number of carbonyl (C=O) groups is 1. The maximum Gasteiger partial charge on any atom is 0.251 e. The van der Waals surface area contributed by atoms with Crippen molar-refractivity contribution in [3.63, 3.8) is 0 Å². The quantitative estimate of drug-likeness (QED) is 0.883. The Hall–Kier alpha value is -2.29. The Bertz CT molecular complexity index is 635. The molecule has 0 saturated carbocycles. The van der Waals surface area contributed by atoms with Crippen LogP contribution in [-0.2, 0) is 6.42 Å². The van der Waals surface area contributed by atoms with E-state index in [4.69, 9.17) is 0 Å². The summed E-state index contributed by atoms with van der Waals surface area (Å²) in [6.07, 6.45) is 0.848. The second kappa shape index (κ2) is 6.93. The predicted molar refractivity (Wildman–Crippen MR) is 87.9 cm³/mol. The summed E-state index contributed by atoms with van der Waals surface area (Å²) in [5.41, 5.74) is 5.32. The average Bonchev–Trinajstić information content (AvgIpc) is 2.47. The summed E-state index contributed by atoms with van der Waals surface area (Å²) >= 11 is 0. The molecule has 0 atom stereocenters. The molecule has 3 heteroatoms. The van der Waals surface area contributed by atoms with Gasteiger partial charge >= 0.3 is 0 Å². The van der Waals surface area contributed by atoms with E-state index in [0.717, 1.165) is 17.7 Å². The first kappa shape index (κ1) is 15.1. The van der Waals surface area contributed by atoms with E-state index in [2.05, 4.69) is 35.8 Å². The number of aryl methyl sites for hydroxylation is 2. The fourth-order valence-corrected chi connectivity index (χ4v) is 2.38. The van der Waals surface area contributed by atoms with Gasteiger partial charge in [-0.3, -0.25) is 4.79 Å². The molecule has 0 fully saturated rings. The van der Waals surface area contributed by atoms with E-state index >= 15 is 0 Å². The van der Waals surface area contributed by atoms with Gasteiger partial charge in [-0.05, 0) is 49.6 Å². The highest BCUT2D eigenvalue weighted by Crippen LogP contribution is 2.15. The Morgan fingerprint density at radius 3 is 2.57 bits per heavy atom. The molecular weight excluding hydrogens is 260 g/mol. The smallest absolute Gasteiger partial charge is 0.251 e. The lowest BCUT2D eigenvalue weighted by Crippen LogP contribution is -2.25. The zero-order valence-electron chi connectivity index (χ0n) is 12.9. The first-order valence-electron chi connectivity index (χ1n) is 7.22. The Morgan fingerprint density at radius 2 is 1.90 bits per heavy atom. The maximum absolute atomic E-state index is 12.1. The van der Waals surface area contributed by atoms with Crippen LogP contribution < -0.4 is 10.6 Å². The van der Waals surface area contributed by atoms with E-state index in [1.54, 1.807) is 0 Å². The summed E-state index contributed by atoms with van der Waals surface area (Å²) in [5, 5.41) is 6.07. The zero-order valence-corrected chi connectivity index (χ0v) is 12.9. The van der Waals surface area contributed by atoms with E-state index in [0.29, 0.717) is 12.1 Å². The lowest BCUT2D eigenvalue weighted by Gasteiger charge is -2.09. The molecule has 0 heterocycles. The molecule has 0 aliphatic rings. The van der Waals surface area contributed by atoms with Gasteiger partial charge in [0.15, 0.2) is 0 Å². The molecule has 0 aliphatic carbocycles. The van der Waals surface area contributed by atoms with Crippen molar-refractivity contribution in [2.45, 2.75) is 20.3 Å². The molecule has 0 radical (unpaired) electrons. The monoisotopic (exact) mass is 282 g/mol. The second-order valence-corrected chi connectivity index (χ2v) is 5.27. The van der Waals surface area contributed by atoms with Gasteiger partial charge in [-0.25, -0.2) is 0 Å². The first-order valence-corrected chi connectivity index (χ1v) is 7.22. The van der Waals surface area contributed by atoms with Crippen molar-refractivity contribution < 1.29 is 4.79 Å². The van der Waals surface area contributed by atoms with Crippen LogP contribution >= 0.6 is 0 Å². The third-order valence-electron chi connectivity index (χ3n) is 3.54. The highest BCUT2D eigenvalue weighted by Gasteiger charge is 2.06. The Morgan fingerprint density at radius 1 is 1.10 bits per heavy atom. The average molecular weight is 282 g/mol. The molecule has 0 bridgehead atoms.